The number of nitrogens with one attached hydrogen (secondary N) is 2. The molecule has 2 heterocycles. The monoisotopic (exact) mass is 527 g/mol. The number of aromatic amines is 2. The Kier molecular flexibility index (Phi) is 7.26. The molecule has 7 nitrogen and oxygen atoms in total. The summed E-state index contributed by atoms with van der Waals surface area (Å²) in [6, 6.07) is 13.9. The molecule has 1 aliphatic carbocycles. The standard InChI is InChI=1S/C27H25F4N5O2/c28-22-14-19(38-13-3-1-2-12-27(29,30)31)10-11-20(22)23-15-21(18-8-6-17(7-9-18)16-4-5-16)24(26(37)32-23)25-33-35-36-34-25/h6-11,14-16H,1-5,12-13H2,(H,32,37)(H,33,34,35,36). The van der Waals surface area contributed by atoms with Gasteiger partial charge in [-0.15, -0.1) is 5.10 Å². The molecule has 1 fully saturated rings. The molecular weight excluding hydrogens is 502 g/mol. The van der Waals surface area contributed by atoms with Crippen molar-refractivity contribution < 1.29 is 22.3 Å². The van der Waals surface area contributed by atoms with E-state index in [9.17, 15) is 18.0 Å². The van der Waals surface area contributed by atoms with Crippen molar-refractivity contribution in [1.29, 1.82) is 0 Å². The number of benzene rings is 2. The first kappa shape index (κ1) is 25.6. The highest BCUT2D eigenvalue weighted by Crippen LogP contribution is 2.41. The Bertz CT molecular complexity index is 1450. The highest BCUT2D eigenvalue weighted by Gasteiger charge is 2.26. The fraction of sp³-hybridized carbons (Fsp3) is 0.333. The number of aromatic nitrogens is 5. The van der Waals surface area contributed by atoms with Crippen LogP contribution in [0.4, 0.5) is 17.6 Å². The summed E-state index contributed by atoms with van der Waals surface area (Å²) in [5.74, 6) is 0.411. The summed E-state index contributed by atoms with van der Waals surface area (Å²) in [4.78, 5) is 15.9. The summed E-state index contributed by atoms with van der Waals surface area (Å²) < 4.78 is 57.3. The number of pyridine rings is 1. The van der Waals surface area contributed by atoms with Crippen LogP contribution in [0.1, 0.15) is 50.0 Å². The number of unbranched alkanes of at least 4 members (excludes halogenated alkanes) is 2. The van der Waals surface area contributed by atoms with Gasteiger partial charge in [-0.2, -0.15) is 13.2 Å². The number of alkyl halides is 3. The first-order chi connectivity index (χ1) is 18.3. The van der Waals surface area contributed by atoms with E-state index in [0.717, 1.165) is 5.56 Å². The molecule has 0 amide bonds. The van der Waals surface area contributed by atoms with Crippen LogP contribution in [0.15, 0.2) is 53.3 Å². The summed E-state index contributed by atoms with van der Waals surface area (Å²) in [6.07, 6.45) is -1.84. The first-order valence-electron chi connectivity index (χ1n) is 12.4. The topological polar surface area (TPSA) is 96.6 Å². The van der Waals surface area contributed by atoms with E-state index in [1.54, 1.807) is 12.1 Å². The number of hydrogen-bond acceptors (Lipinski definition) is 5. The zero-order valence-electron chi connectivity index (χ0n) is 20.3. The lowest BCUT2D eigenvalue weighted by molar-refractivity contribution is -0.135. The third-order valence-corrected chi connectivity index (χ3v) is 6.49. The average molecular weight is 528 g/mol. The molecule has 38 heavy (non-hydrogen) atoms. The maximum absolute atomic E-state index is 15.1. The summed E-state index contributed by atoms with van der Waals surface area (Å²) in [6.45, 7) is 0.175. The number of halogens is 4. The van der Waals surface area contributed by atoms with Crippen LogP contribution in [0.2, 0.25) is 0 Å². The molecule has 0 bridgehead atoms. The molecule has 0 unspecified atom stereocenters. The van der Waals surface area contributed by atoms with Crippen molar-refractivity contribution in [2.45, 2.75) is 50.6 Å². The van der Waals surface area contributed by atoms with Crippen LogP contribution in [0.25, 0.3) is 33.8 Å². The summed E-state index contributed by atoms with van der Waals surface area (Å²) in [7, 11) is 0. The highest BCUT2D eigenvalue weighted by molar-refractivity contribution is 5.83. The van der Waals surface area contributed by atoms with Crippen molar-refractivity contribution >= 4 is 0 Å². The molecule has 11 heteroatoms. The minimum atomic E-state index is -4.16. The lowest BCUT2D eigenvalue weighted by Gasteiger charge is -2.12. The Morgan fingerprint density at radius 1 is 0.974 bits per heavy atom. The molecule has 2 N–H and O–H groups in total. The predicted octanol–water partition coefficient (Wildman–Crippen LogP) is 6.41. The van der Waals surface area contributed by atoms with Crippen LogP contribution in [0, 0.1) is 5.82 Å². The largest absolute Gasteiger partial charge is 0.493 e. The van der Waals surface area contributed by atoms with Crippen LogP contribution in [-0.2, 0) is 0 Å². The van der Waals surface area contributed by atoms with Crippen molar-refractivity contribution in [3.05, 3.63) is 70.3 Å². The second-order valence-electron chi connectivity index (χ2n) is 9.36. The highest BCUT2D eigenvalue weighted by atomic mass is 19.4. The predicted molar refractivity (Wildman–Crippen MR) is 133 cm³/mol. The van der Waals surface area contributed by atoms with Gasteiger partial charge < -0.3 is 9.72 Å². The van der Waals surface area contributed by atoms with E-state index in [2.05, 4.69) is 25.6 Å². The van der Waals surface area contributed by atoms with E-state index < -0.39 is 24.0 Å². The average Bonchev–Trinajstić information content (AvgIpc) is 3.60. The molecule has 198 valence electrons. The first-order valence-corrected chi connectivity index (χ1v) is 12.4. The van der Waals surface area contributed by atoms with Crippen LogP contribution in [-0.4, -0.2) is 38.4 Å². The molecule has 0 aliphatic heterocycles. The maximum atomic E-state index is 15.1. The SMILES string of the molecule is O=c1[nH]c(-c2ccc(OCCCCCC(F)(F)F)cc2F)cc(-c2ccc(C3CC3)cc2)c1-c1nnn[nH]1. The Hall–Kier alpha value is -4.02. The van der Waals surface area contributed by atoms with Gasteiger partial charge >= 0.3 is 6.18 Å². The normalized spacial score (nSPS) is 13.6. The minimum absolute atomic E-state index is 0.0271. The molecule has 5 rings (SSSR count). The fourth-order valence-electron chi connectivity index (χ4n) is 4.38. The van der Waals surface area contributed by atoms with E-state index in [1.165, 1.54) is 30.5 Å². The Labute approximate surface area is 215 Å². The number of nitrogens with zero attached hydrogens (tertiary/aromatic N) is 3. The van der Waals surface area contributed by atoms with Gasteiger partial charge in [0.25, 0.3) is 5.56 Å². The van der Waals surface area contributed by atoms with Crippen LogP contribution in [0.5, 0.6) is 5.75 Å². The molecule has 4 aromatic rings. The minimum Gasteiger partial charge on any atom is -0.493 e. The molecule has 1 saturated carbocycles. The maximum Gasteiger partial charge on any atom is 0.389 e. The summed E-state index contributed by atoms with van der Waals surface area (Å²) in [5.41, 5.74) is 2.73. The van der Waals surface area contributed by atoms with Gasteiger partial charge in [-0.25, -0.2) is 9.49 Å². The molecule has 2 aromatic carbocycles. The van der Waals surface area contributed by atoms with Gasteiger partial charge in [-0.05, 0) is 77.8 Å². The van der Waals surface area contributed by atoms with E-state index in [1.807, 2.05) is 24.3 Å². The number of hydrogen-bond donors (Lipinski definition) is 2. The third-order valence-electron chi connectivity index (χ3n) is 6.49. The third kappa shape index (κ3) is 6.09. The number of H-pyrrole nitrogens is 2. The smallest absolute Gasteiger partial charge is 0.389 e. The van der Waals surface area contributed by atoms with Crippen molar-refractivity contribution in [2.24, 2.45) is 0 Å². The van der Waals surface area contributed by atoms with E-state index in [0.29, 0.717) is 24.3 Å². The lowest BCUT2D eigenvalue weighted by Crippen LogP contribution is -2.13. The second kappa shape index (κ2) is 10.8. The number of ether oxygens (including phenoxy) is 1. The van der Waals surface area contributed by atoms with Gasteiger partial charge in [-0.1, -0.05) is 24.3 Å². The Morgan fingerprint density at radius 2 is 1.76 bits per heavy atom. The zero-order chi connectivity index (χ0) is 26.7. The molecule has 1 aliphatic rings. The van der Waals surface area contributed by atoms with Gasteiger partial charge in [0.2, 0.25) is 0 Å². The summed E-state index contributed by atoms with van der Waals surface area (Å²) >= 11 is 0. The number of rotatable bonds is 10. The van der Waals surface area contributed by atoms with Gasteiger partial charge in [0.05, 0.1) is 17.9 Å². The Morgan fingerprint density at radius 3 is 2.42 bits per heavy atom. The molecule has 2 aromatic heterocycles. The van der Waals surface area contributed by atoms with Crippen molar-refractivity contribution in [1.82, 2.24) is 25.6 Å². The van der Waals surface area contributed by atoms with Gasteiger partial charge in [0.15, 0.2) is 5.82 Å². The van der Waals surface area contributed by atoms with Crippen molar-refractivity contribution in [3.8, 4) is 39.5 Å². The van der Waals surface area contributed by atoms with Crippen LogP contribution in [0.3, 0.4) is 0 Å². The molecule has 0 atom stereocenters. The van der Waals surface area contributed by atoms with Crippen molar-refractivity contribution in [2.75, 3.05) is 6.61 Å². The van der Waals surface area contributed by atoms with Crippen LogP contribution < -0.4 is 10.3 Å². The zero-order valence-corrected chi connectivity index (χ0v) is 20.3. The quantitative estimate of drug-likeness (QED) is 0.184. The van der Waals surface area contributed by atoms with E-state index in [-0.39, 0.29) is 41.4 Å². The van der Waals surface area contributed by atoms with E-state index >= 15 is 4.39 Å². The Balaban J connectivity index is 1.38. The lowest BCUT2D eigenvalue weighted by atomic mass is 9.96. The molecule has 0 saturated heterocycles. The van der Waals surface area contributed by atoms with E-state index in [4.69, 9.17) is 4.74 Å². The molecule has 0 spiro atoms. The molecular formula is C27H25F4N5O2. The van der Waals surface area contributed by atoms with Crippen LogP contribution >= 0.6 is 0 Å². The van der Waals surface area contributed by atoms with Gasteiger partial charge in [0, 0.05) is 23.6 Å². The second-order valence-corrected chi connectivity index (χ2v) is 9.36. The summed E-state index contributed by atoms with van der Waals surface area (Å²) in [5, 5.41) is 13.7. The van der Waals surface area contributed by atoms with Crippen molar-refractivity contribution in [3.63, 3.8) is 0 Å². The van der Waals surface area contributed by atoms with Gasteiger partial charge in [0.1, 0.15) is 11.6 Å². The number of tetrazole rings is 1. The fourth-order valence-corrected chi connectivity index (χ4v) is 4.38. The molecule has 0 radical (unpaired) electrons. The van der Waals surface area contributed by atoms with Gasteiger partial charge in [-0.3, -0.25) is 4.79 Å².